The number of nitrogens with two attached hydrogens (primary N) is 1. The van der Waals surface area contributed by atoms with E-state index in [2.05, 4.69) is 0 Å². The molecular weight excluding hydrogens is 218 g/mol. The molecule has 1 rings (SSSR count). The fraction of sp³-hybridized carbons (Fsp3) is 0.300. The molecule has 15 heavy (non-hydrogen) atoms. The van der Waals surface area contributed by atoms with Gasteiger partial charge in [0, 0.05) is 6.07 Å². The molecule has 0 atom stereocenters. The Bertz CT molecular complexity index is 404. The van der Waals surface area contributed by atoms with Gasteiger partial charge >= 0.3 is 0 Å². The van der Waals surface area contributed by atoms with E-state index in [1.165, 1.54) is 27.2 Å². The molecule has 0 heterocycles. The minimum atomic E-state index is -0.189. The smallest absolute Gasteiger partial charge is 0.167 e. The first-order valence-corrected chi connectivity index (χ1v) is 4.61. The summed E-state index contributed by atoms with van der Waals surface area (Å²) in [5.74, 6) is 0.424. The van der Waals surface area contributed by atoms with Crippen LogP contribution in [0.25, 0.3) is 0 Å². The van der Waals surface area contributed by atoms with Crippen LogP contribution in [0.5, 0.6) is 11.5 Å². The molecule has 82 valence electrons. The number of ether oxygens (including phenoxy) is 2. The SMILES string of the molecule is COc1cc(N)c(Cl)c(OC)c1C(C)=O. The molecule has 0 amide bonds. The number of anilines is 1. The van der Waals surface area contributed by atoms with Crippen LogP contribution in [0.1, 0.15) is 17.3 Å². The summed E-state index contributed by atoms with van der Waals surface area (Å²) < 4.78 is 10.1. The van der Waals surface area contributed by atoms with E-state index in [0.717, 1.165) is 0 Å². The van der Waals surface area contributed by atoms with Gasteiger partial charge < -0.3 is 15.2 Å². The van der Waals surface area contributed by atoms with E-state index in [1.807, 2.05) is 0 Å². The van der Waals surface area contributed by atoms with Crippen molar-refractivity contribution in [2.75, 3.05) is 20.0 Å². The van der Waals surface area contributed by atoms with Crippen molar-refractivity contribution in [2.24, 2.45) is 0 Å². The van der Waals surface area contributed by atoms with Gasteiger partial charge in [0.05, 0.1) is 19.9 Å². The van der Waals surface area contributed by atoms with Crippen molar-refractivity contribution in [2.45, 2.75) is 6.92 Å². The van der Waals surface area contributed by atoms with Gasteiger partial charge in [0.1, 0.15) is 16.3 Å². The first kappa shape index (κ1) is 11.7. The molecule has 4 nitrogen and oxygen atoms in total. The number of Topliss-reactive ketones (excluding diaryl/α,β-unsaturated/α-hetero) is 1. The van der Waals surface area contributed by atoms with Crippen LogP contribution >= 0.6 is 11.6 Å². The molecular formula is C10H12ClNO3. The summed E-state index contributed by atoms with van der Waals surface area (Å²) >= 11 is 5.91. The highest BCUT2D eigenvalue weighted by molar-refractivity contribution is 6.35. The zero-order valence-corrected chi connectivity index (χ0v) is 9.51. The molecule has 2 N–H and O–H groups in total. The highest BCUT2D eigenvalue weighted by Crippen LogP contribution is 2.40. The van der Waals surface area contributed by atoms with Crippen LogP contribution in [-0.2, 0) is 0 Å². The topological polar surface area (TPSA) is 61.6 Å². The van der Waals surface area contributed by atoms with Gasteiger partial charge in [-0.3, -0.25) is 4.79 Å². The fourth-order valence-corrected chi connectivity index (χ4v) is 1.54. The van der Waals surface area contributed by atoms with E-state index in [4.69, 9.17) is 26.8 Å². The minimum Gasteiger partial charge on any atom is -0.496 e. The molecule has 5 heteroatoms. The van der Waals surface area contributed by atoms with Crippen molar-refractivity contribution in [3.05, 3.63) is 16.7 Å². The van der Waals surface area contributed by atoms with Gasteiger partial charge in [-0.25, -0.2) is 0 Å². The van der Waals surface area contributed by atoms with Crippen molar-refractivity contribution in [1.29, 1.82) is 0 Å². The van der Waals surface area contributed by atoms with Gasteiger partial charge in [0.15, 0.2) is 11.5 Å². The van der Waals surface area contributed by atoms with Crippen LogP contribution < -0.4 is 15.2 Å². The molecule has 0 saturated heterocycles. The normalized spacial score (nSPS) is 9.87. The zero-order valence-electron chi connectivity index (χ0n) is 8.76. The second kappa shape index (κ2) is 4.40. The predicted molar refractivity (Wildman–Crippen MR) is 59.0 cm³/mol. The number of benzene rings is 1. The van der Waals surface area contributed by atoms with Crippen LogP contribution in [0.15, 0.2) is 6.07 Å². The quantitative estimate of drug-likeness (QED) is 0.637. The number of methoxy groups -OCH3 is 2. The summed E-state index contributed by atoms with van der Waals surface area (Å²) in [6.45, 7) is 1.41. The average molecular weight is 230 g/mol. The summed E-state index contributed by atoms with van der Waals surface area (Å²) in [6, 6.07) is 1.50. The Morgan fingerprint density at radius 3 is 2.40 bits per heavy atom. The van der Waals surface area contributed by atoms with Crippen molar-refractivity contribution in [1.82, 2.24) is 0 Å². The molecule has 0 radical (unpaired) electrons. The van der Waals surface area contributed by atoms with Crippen LogP contribution in [0.2, 0.25) is 5.02 Å². The number of ketones is 1. The number of nitrogen functional groups attached to an aromatic ring is 1. The lowest BCUT2D eigenvalue weighted by atomic mass is 10.1. The maximum atomic E-state index is 11.4. The molecule has 0 aliphatic rings. The number of hydrogen-bond donors (Lipinski definition) is 1. The summed E-state index contributed by atoms with van der Waals surface area (Å²) in [6.07, 6.45) is 0. The lowest BCUT2D eigenvalue weighted by molar-refractivity contribution is 0.101. The zero-order chi connectivity index (χ0) is 11.6. The lowest BCUT2D eigenvalue weighted by Gasteiger charge is -2.13. The minimum absolute atomic E-state index is 0.189. The Balaban J connectivity index is 3.56. The Morgan fingerprint density at radius 2 is 2.00 bits per heavy atom. The van der Waals surface area contributed by atoms with Crippen LogP contribution in [0, 0.1) is 0 Å². The van der Waals surface area contributed by atoms with Gasteiger partial charge in [-0.05, 0) is 6.92 Å². The number of halogens is 1. The van der Waals surface area contributed by atoms with E-state index >= 15 is 0 Å². The van der Waals surface area contributed by atoms with Gasteiger partial charge in [-0.1, -0.05) is 11.6 Å². The molecule has 0 aliphatic carbocycles. The highest BCUT2D eigenvalue weighted by Gasteiger charge is 2.20. The van der Waals surface area contributed by atoms with Crippen molar-refractivity contribution >= 4 is 23.1 Å². The van der Waals surface area contributed by atoms with Crippen LogP contribution in [-0.4, -0.2) is 20.0 Å². The summed E-state index contributed by atoms with van der Waals surface area (Å²) in [5, 5.41) is 0.225. The van der Waals surface area contributed by atoms with Crippen LogP contribution in [0.3, 0.4) is 0 Å². The fourth-order valence-electron chi connectivity index (χ4n) is 1.32. The maximum absolute atomic E-state index is 11.4. The predicted octanol–water partition coefficient (Wildman–Crippen LogP) is 2.14. The molecule has 0 aromatic heterocycles. The van der Waals surface area contributed by atoms with Gasteiger partial charge in [-0.2, -0.15) is 0 Å². The van der Waals surface area contributed by atoms with Gasteiger partial charge in [-0.15, -0.1) is 0 Å². The van der Waals surface area contributed by atoms with Crippen molar-refractivity contribution in [3.63, 3.8) is 0 Å². The molecule has 1 aromatic rings. The molecule has 0 aliphatic heterocycles. The molecule has 0 fully saturated rings. The number of carbonyl (C=O) groups is 1. The molecule has 0 unspecified atom stereocenters. The third-order valence-electron chi connectivity index (χ3n) is 1.99. The Hall–Kier alpha value is -1.42. The molecule has 0 saturated carbocycles. The summed E-state index contributed by atoms with van der Waals surface area (Å²) in [7, 11) is 2.88. The summed E-state index contributed by atoms with van der Waals surface area (Å²) in [4.78, 5) is 11.4. The van der Waals surface area contributed by atoms with Crippen molar-refractivity contribution in [3.8, 4) is 11.5 Å². The third-order valence-corrected chi connectivity index (χ3v) is 2.38. The highest BCUT2D eigenvalue weighted by atomic mass is 35.5. The standard InChI is InChI=1S/C10H12ClNO3/c1-5(13)8-7(14-2)4-6(12)9(11)10(8)15-3/h4H,12H2,1-3H3. The first-order chi connectivity index (χ1) is 7.02. The first-order valence-electron chi connectivity index (χ1n) is 4.23. The molecule has 1 aromatic carbocycles. The van der Waals surface area contributed by atoms with Crippen LogP contribution in [0.4, 0.5) is 5.69 Å². The second-order valence-corrected chi connectivity index (χ2v) is 3.32. The Kier molecular flexibility index (Phi) is 3.42. The Morgan fingerprint density at radius 1 is 1.40 bits per heavy atom. The summed E-state index contributed by atoms with van der Waals surface area (Å²) in [5.41, 5.74) is 6.26. The third kappa shape index (κ3) is 1.99. The van der Waals surface area contributed by atoms with E-state index < -0.39 is 0 Å². The molecule has 0 bridgehead atoms. The molecule has 0 spiro atoms. The number of carbonyl (C=O) groups excluding carboxylic acids is 1. The van der Waals surface area contributed by atoms with Gasteiger partial charge in [0.2, 0.25) is 0 Å². The van der Waals surface area contributed by atoms with Crippen molar-refractivity contribution < 1.29 is 14.3 Å². The lowest BCUT2D eigenvalue weighted by Crippen LogP contribution is -2.04. The van der Waals surface area contributed by atoms with E-state index in [0.29, 0.717) is 17.0 Å². The van der Waals surface area contributed by atoms with E-state index in [1.54, 1.807) is 0 Å². The Labute approximate surface area is 92.9 Å². The number of hydrogen-bond acceptors (Lipinski definition) is 4. The van der Waals surface area contributed by atoms with E-state index in [9.17, 15) is 4.79 Å². The second-order valence-electron chi connectivity index (χ2n) is 2.95. The largest absolute Gasteiger partial charge is 0.496 e. The average Bonchev–Trinajstić information content (AvgIpc) is 2.20. The maximum Gasteiger partial charge on any atom is 0.167 e. The van der Waals surface area contributed by atoms with Gasteiger partial charge in [0.25, 0.3) is 0 Å². The monoisotopic (exact) mass is 229 g/mol. The number of rotatable bonds is 3. The van der Waals surface area contributed by atoms with E-state index in [-0.39, 0.29) is 16.6 Å².